The lowest BCUT2D eigenvalue weighted by molar-refractivity contribution is -0.384. The molecule has 108 valence electrons. The number of nitro benzene ring substituents is 1. The number of carbonyl (C=O) groups is 1. The van der Waals surface area contributed by atoms with E-state index < -0.39 is 4.92 Å². The maximum Gasteiger partial charge on any atom is 0.310 e. The van der Waals surface area contributed by atoms with Crippen LogP contribution in [0.3, 0.4) is 0 Å². The van der Waals surface area contributed by atoms with Crippen LogP contribution in [0.15, 0.2) is 18.2 Å². The van der Waals surface area contributed by atoms with Gasteiger partial charge >= 0.3 is 5.97 Å². The molecule has 1 aromatic carbocycles. The summed E-state index contributed by atoms with van der Waals surface area (Å²) in [7, 11) is 1.38. The predicted octanol–water partition coefficient (Wildman–Crippen LogP) is 2.24. The molecule has 0 N–H and O–H groups in total. The Morgan fingerprint density at radius 1 is 1.60 bits per heavy atom. The van der Waals surface area contributed by atoms with Crippen LogP contribution >= 0.6 is 11.6 Å². The predicted molar refractivity (Wildman–Crippen MR) is 73.5 cm³/mol. The van der Waals surface area contributed by atoms with Crippen molar-refractivity contribution < 1.29 is 14.5 Å². The van der Waals surface area contributed by atoms with Gasteiger partial charge in [0.05, 0.1) is 18.0 Å². The lowest BCUT2D eigenvalue weighted by Gasteiger charge is -2.15. The lowest BCUT2D eigenvalue weighted by atomic mass is 10.1. The van der Waals surface area contributed by atoms with Crippen molar-refractivity contribution >= 4 is 23.3 Å². The molecule has 6 nitrogen and oxygen atoms in total. The third-order valence-electron chi connectivity index (χ3n) is 3.42. The normalized spacial score (nSPS) is 19.0. The molecule has 0 spiro atoms. The molecule has 2 rings (SSSR count). The summed E-state index contributed by atoms with van der Waals surface area (Å²) >= 11 is 5.77. The van der Waals surface area contributed by atoms with Crippen LogP contribution in [0.2, 0.25) is 5.02 Å². The number of carbonyl (C=O) groups excluding carboxylic acids is 1. The van der Waals surface area contributed by atoms with Crippen molar-refractivity contribution in [3.63, 3.8) is 0 Å². The van der Waals surface area contributed by atoms with Gasteiger partial charge in [-0.15, -0.1) is 0 Å². The number of hydrogen-bond donors (Lipinski definition) is 0. The molecule has 0 saturated carbocycles. The van der Waals surface area contributed by atoms with Gasteiger partial charge in [-0.2, -0.15) is 0 Å². The zero-order valence-electron chi connectivity index (χ0n) is 11.0. The molecule has 0 radical (unpaired) electrons. The van der Waals surface area contributed by atoms with Crippen LogP contribution in [0.1, 0.15) is 12.0 Å². The van der Waals surface area contributed by atoms with Crippen molar-refractivity contribution in [3.8, 4) is 0 Å². The number of rotatable bonds is 4. The Balaban J connectivity index is 2.03. The van der Waals surface area contributed by atoms with E-state index in [0.717, 1.165) is 18.5 Å². The third kappa shape index (κ3) is 3.26. The van der Waals surface area contributed by atoms with Gasteiger partial charge in [0.1, 0.15) is 5.02 Å². The standard InChI is InChI=1S/C13H15ClN2O4/c1-20-13(17)10-4-5-15(8-10)7-9-2-3-11(14)12(6-9)16(18)19/h2-3,6,10H,4-5,7-8H2,1H3. The summed E-state index contributed by atoms with van der Waals surface area (Å²) in [4.78, 5) is 23.9. The average molecular weight is 299 g/mol. The minimum atomic E-state index is -0.493. The van der Waals surface area contributed by atoms with E-state index >= 15 is 0 Å². The summed E-state index contributed by atoms with van der Waals surface area (Å²) in [6, 6.07) is 4.78. The van der Waals surface area contributed by atoms with E-state index in [4.69, 9.17) is 16.3 Å². The van der Waals surface area contributed by atoms with Gasteiger partial charge in [-0.05, 0) is 24.6 Å². The summed E-state index contributed by atoms with van der Waals surface area (Å²) in [6.07, 6.45) is 0.752. The SMILES string of the molecule is COC(=O)C1CCN(Cc2ccc(Cl)c([N+](=O)[O-])c2)C1. The molecule has 1 aliphatic heterocycles. The molecule has 7 heteroatoms. The van der Waals surface area contributed by atoms with Crippen LogP contribution in [0, 0.1) is 16.0 Å². The van der Waals surface area contributed by atoms with Crippen LogP contribution in [0.5, 0.6) is 0 Å². The van der Waals surface area contributed by atoms with Gasteiger partial charge in [-0.3, -0.25) is 19.8 Å². The monoisotopic (exact) mass is 298 g/mol. The first-order valence-corrected chi connectivity index (χ1v) is 6.62. The van der Waals surface area contributed by atoms with E-state index in [0.29, 0.717) is 13.1 Å². The first kappa shape index (κ1) is 14.7. The van der Waals surface area contributed by atoms with Crippen molar-refractivity contribution in [3.05, 3.63) is 38.9 Å². The molecule has 1 atom stereocenters. The van der Waals surface area contributed by atoms with Gasteiger partial charge in [0, 0.05) is 19.2 Å². The van der Waals surface area contributed by atoms with Crippen molar-refractivity contribution in [2.24, 2.45) is 5.92 Å². The number of nitro groups is 1. The minimum Gasteiger partial charge on any atom is -0.469 e. The number of likely N-dealkylation sites (tertiary alicyclic amines) is 1. The van der Waals surface area contributed by atoms with Gasteiger partial charge < -0.3 is 4.74 Å². The maximum atomic E-state index is 11.4. The Morgan fingerprint density at radius 3 is 3.00 bits per heavy atom. The summed E-state index contributed by atoms with van der Waals surface area (Å²) in [6.45, 7) is 1.95. The summed E-state index contributed by atoms with van der Waals surface area (Å²) in [5.74, 6) is -0.308. The topological polar surface area (TPSA) is 72.7 Å². The smallest absolute Gasteiger partial charge is 0.310 e. The third-order valence-corrected chi connectivity index (χ3v) is 3.74. The molecule has 0 aromatic heterocycles. The zero-order chi connectivity index (χ0) is 14.7. The summed E-state index contributed by atoms with van der Waals surface area (Å²) < 4.78 is 4.73. The lowest BCUT2D eigenvalue weighted by Crippen LogP contribution is -2.23. The number of halogens is 1. The fourth-order valence-corrected chi connectivity index (χ4v) is 2.58. The van der Waals surface area contributed by atoms with Crippen LogP contribution in [0.4, 0.5) is 5.69 Å². The summed E-state index contributed by atoms with van der Waals surface area (Å²) in [5, 5.41) is 11.0. The Kier molecular flexibility index (Phi) is 4.57. The molecule has 1 aliphatic rings. The van der Waals surface area contributed by atoms with E-state index in [2.05, 4.69) is 4.90 Å². The van der Waals surface area contributed by atoms with E-state index in [1.165, 1.54) is 19.2 Å². The molecular formula is C13H15ClN2O4. The molecule has 0 amide bonds. The van der Waals surface area contributed by atoms with Crippen LogP contribution in [-0.2, 0) is 16.1 Å². The molecule has 1 unspecified atom stereocenters. The molecule has 1 aromatic rings. The number of ether oxygens (including phenoxy) is 1. The second-order valence-corrected chi connectivity index (χ2v) is 5.19. The first-order chi connectivity index (χ1) is 9.51. The van der Waals surface area contributed by atoms with Crippen LogP contribution in [-0.4, -0.2) is 36.0 Å². The Morgan fingerprint density at radius 2 is 2.35 bits per heavy atom. The van der Waals surface area contributed by atoms with Gasteiger partial charge in [0.25, 0.3) is 5.69 Å². The maximum absolute atomic E-state index is 11.4. The van der Waals surface area contributed by atoms with Gasteiger partial charge in [-0.25, -0.2) is 0 Å². The fraction of sp³-hybridized carbons (Fsp3) is 0.462. The second kappa shape index (κ2) is 6.19. The van der Waals surface area contributed by atoms with E-state index in [-0.39, 0.29) is 22.6 Å². The number of benzene rings is 1. The average Bonchev–Trinajstić information content (AvgIpc) is 2.88. The van der Waals surface area contributed by atoms with Crippen molar-refractivity contribution in [1.29, 1.82) is 0 Å². The molecule has 1 fully saturated rings. The largest absolute Gasteiger partial charge is 0.469 e. The van der Waals surface area contributed by atoms with Gasteiger partial charge in [0.2, 0.25) is 0 Å². The van der Waals surface area contributed by atoms with Crippen LogP contribution in [0.25, 0.3) is 0 Å². The molecule has 1 heterocycles. The molecule has 0 aliphatic carbocycles. The van der Waals surface area contributed by atoms with Gasteiger partial charge in [-0.1, -0.05) is 17.7 Å². The highest BCUT2D eigenvalue weighted by molar-refractivity contribution is 6.32. The Bertz CT molecular complexity index is 535. The fourth-order valence-electron chi connectivity index (χ4n) is 2.39. The second-order valence-electron chi connectivity index (χ2n) is 4.79. The van der Waals surface area contributed by atoms with Crippen molar-refractivity contribution in [1.82, 2.24) is 4.90 Å². The van der Waals surface area contributed by atoms with Crippen LogP contribution < -0.4 is 0 Å². The molecule has 0 bridgehead atoms. The minimum absolute atomic E-state index is 0.0899. The first-order valence-electron chi connectivity index (χ1n) is 6.24. The van der Waals surface area contributed by atoms with E-state index in [1.807, 2.05) is 0 Å². The number of methoxy groups -OCH3 is 1. The zero-order valence-corrected chi connectivity index (χ0v) is 11.8. The number of hydrogen-bond acceptors (Lipinski definition) is 5. The number of nitrogens with zero attached hydrogens (tertiary/aromatic N) is 2. The van der Waals surface area contributed by atoms with E-state index in [1.54, 1.807) is 6.07 Å². The Hall–Kier alpha value is -1.66. The van der Waals surface area contributed by atoms with Crippen molar-refractivity contribution in [2.75, 3.05) is 20.2 Å². The van der Waals surface area contributed by atoms with Gasteiger partial charge in [0.15, 0.2) is 0 Å². The van der Waals surface area contributed by atoms with E-state index in [9.17, 15) is 14.9 Å². The highest BCUT2D eigenvalue weighted by Gasteiger charge is 2.29. The molecule has 20 heavy (non-hydrogen) atoms. The number of esters is 1. The molecule has 1 saturated heterocycles. The molecular weight excluding hydrogens is 284 g/mol. The quantitative estimate of drug-likeness (QED) is 0.484. The Labute approximate surface area is 121 Å². The van der Waals surface area contributed by atoms with Crippen molar-refractivity contribution in [2.45, 2.75) is 13.0 Å². The highest BCUT2D eigenvalue weighted by Crippen LogP contribution is 2.27. The summed E-state index contributed by atoms with van der Waals surface area (Å²) in [5.41, 5.74) is 0.722. The highest BCUT2D eigenvalue weighted by atomic mass is 35.5.